The van der Waals surface area contributed by atoms with Gasteiger partial charge in [0, 0.05) is 22.9 Å². The Bertz CT molecular complexity index is 1560. The van der Waals surface area contributed by atoms with Crippen LogP contribution in [0.2, 0.25) is 0 Å². The van der Waals surface area contributed by atoms with E-state index in [0.717, 1.165) is 12.1 Å². The number of aromatic nitrogens is 2. The van der Waals surface area contributed by atoms with Crippen LogP contribution in [0.5, 0.6) is 11.5 Å². The number of amides is 1. The van der Waals surface area contributed by atoms with Crippen LogP contribution in [-0.4, -0.2) is 15.7 Å². The zero-order valence-electron chi connectivity index (χ0n) is 19.8. The molecule has 190 valence electrons. The number of carbonyl (C=O) groups is 1. The van der Waals surface area contributed by atoms with Gasteiger partial charge in [-0.25, -0.2) is 4.68 Å². The second kappa shape index (κ2) is 10.1. The van der Waals surface area contributed by atoms with Gasteiger partial charge in [-0.3, -0.25) is 4.79 Å². The Labute approximate surface area is 216 Å². The molecule has 0 atom stereocenters. The highest BCUT2D eigenvalue weighted by atomic mass is 19.4. The normalized spacial score (nSPS) is 11.2. The molecule has 5 aromatic rings. The molecule has 0 radical (unpaired) electrons. The summed E-state index contributed by atoms with van der Waals surface area (Å²) >= 11 is 0. The predicted molar refractivity (Wildman–Crippen MR) is 139 cm³/mol. The summed E-state index contributed by atoms with van der Waals surface area (Å²) in [5.74, 6) is 1.28. The number of benzene rings is 4. The Hall–Kier alpha value is -5.05. The number of para-hydroxylation sites is 1. The van der Waals surface area contributed by atoms with Crippen molar-refractivity contribution in [2.24, 2.45) is 0 Å². The lowest BCUT2D eigenvalue weighted by Crippen LogP contribution is -2.12. The van der Waals surface area contributed by atoms with E-state index in [1.54, 1.807) is 48.5 Å². The Morgan fingerprint density at radius 2 is 1.50 bits per heavy atom. The van der Waals surface area contributed by atoms with Gasteiger partial charge in [0.1, 0.15) is 17.3 Å². The minimum absolute atomic E-state index is 0.243. The third-order valence-electron chi connectivity index (χ3n) is 5.69. The second-order valence-electron chi connectivity index (χ2n) is 8.39. The minimum atomic E-state index is -4.46. The van der Waals surface area contributed by atoms with Gasteiger partial charge >= 0.3 is 6.18 Å². The van der Waals surface area contributed by atoms with Gasteiger partial charge in [0.15, 0.2) is 0 Å². The van der Waals surface area contributed by atoms with E-state index in [1.807, 2.05) is 30.3 Å². The van der Waals surface area contributed by atoms with Crippen LogP contribution in [0.25, 0.3) is 16.9 Å². The lowest BCUT2D eigenvalue weighted by molar-refractivity contribution is -0.137. The van der Waals surface area contributed by atoms with Gasteiger partial charge in [0.25, 0.3) is 5.91 Å². The zero-order chi connectivity index (χ0) is 26.7. The maximum atomic E-state index is 13.1. The van der Waals surface area contributed by atoms with E-state index in [9.17, 15) is 18.0 Å². The molecule has 4 aromatic carbocycles. The van der Waals surface area contributed by atoms with E-state index in [4.69, 9.17) is 10.5 Å². The number of rotatable bonds is 6. The molecule has 0 aliphatic rings. The van der Waals surface area contributed by atoms with E-state index in [2.05, 4.69) is 10.4 Å². The highest BCUT2D eigenvalue weighted by molar-refractivity contribution is 6.04. The molecular formula is C29H21F3N4O2. The highest BCUT2D eigenvalue weighted by Gasteiger charge is 2.30. The predicted octanol–water partition coefficient (Wildman–Crippen LogP) is 7.18. The molecule has 0 saturated carbocycles. The number of alkyl halides is 3. The fourth-order valence-electron chi connectivity index (χ4n) is 3.79. The average Bonchev–Trinajstić information content (AvgIpc) is 3.31. The van der Waals surface area contributed by atoms with Gasteiger partial charge < -0.3 is 15.8 Å². The van der Waals surface area contributed by atoms with Crippen LogP contribution in [0, 0.1) is 0 Å². The lowest BCUT2D eigenvalue weighted by atomic mass is 10.1. The average molecular weight is 515 g/mol. The largest absolute Gasteiger partial charge is 0.457 e. The van der Waals surface area contributed by atoms with E-state index in [1.165, 1.54) is 22.9 Å². The molecule has 0 bridgehead atoms. The smallest absolute Gasteiger partial charge is 0.416 e. The summed E-state index contributed by atoms with van der Waals surface area (Å²) in [6.45, 7) is 0. The first-order valence-electron chi connectivity index (χ1n) is 11.5. The van der Waals surface area contributed by atoms with Crippen LogP contribution in [-0.2, 0) is 6.18 Å². The number of nitrogens with one attached hydrogen (secondary N) is 1. The van der Waals surface area contributed by atoms with E-state index >= 15 is 0 Å². The molecule has 1 heterocycles. The van der Waals surface area contributed by atoms with Crippen LogP contribution in [0.1, 0.15) is 15.9 Å². The van der Waals surface area contributed by atoms with Crippen LogP contribution in [0.3, 0.4) is 0 Å². The molecule has 0 spiro atoms. The van der Waals surface area contributed by atoms with Crippen molar-refractivity contribution in [2.45, 2.75) is 6.18 Å². The van der Waals surface area contributed by atoms with Gasteiger partial charge in [-0.2, -0.15) is 18.3 Å². The number of halogens is 3. The number of nitrogen functional groups attached to an aromatic ring is 1. The van der Waals surface area contributed by atoms with Gasteiger partial charge in [-0.05, 0) is 72.8 Å². The third-order valence-corrected chi connectivity index (χ3v) is 5.69. The maximum absolute atomic E-state index is 13.1. The summed E-state index contributed by atoms with van der Waals surface area (Å²) in [5, 5.41) is 7.20. The summed E-state index contributed by atoms with van der Waals surface area (Å²) in [5.41, 5.74) is 7.47. The quantitative estimate of drug-likeness (QED) is 0.251. The molecule has 38 heavy (non-hydrogen) atoms. The molecule has 1 aromatic heterocycles. The first-order chi connectivity index (χ1) is 18.3. The Kier molecular flexibility index (Phi) is 6.57. The number of hydrogen-bond acceptors (Lipinski definition) is 4. The molecule has 1 amide bonds. The summed E-state index contributed by atoms with van der Waals surface area (Å²) in [4.78, 5) is 12.7. The van der Waals surface area contributed by atoms with E-state index < -0.39 is 11.7 Å². The van der Waals surface area contributed by atoms with Crippen molar-refractivity contribution in [1.82, 2.24) is 9.78 Å². The maximum Gasteiger partial charge on any atom is 0.416 e. The highest BCUT2D eigenvalue weighted by Crippen LogP contribution is 2.32. The van der Waals surface area contributed by atoms with Crippen molar-refractivity contribution in [2.75, 3.05) is 11.1 Å². The molecular weight excluding hydrogens is 493 g/mol. The van der Waals surface area contributed by atoms with Gasteiger partial charge in [-0.15, -0.1) is 0 Å². The van der Waals surface area contributed by atoms with E-state index in [-0.39, 0.29) is 11.7 Å². The van der Waals surface area contributed by atoms with Crippen molar-refractivity contribution >= 4 is 17.4 Å². The summed E-state index contributed by atoms with van der Waals surface area (Å²) < 4.78 is 46.4. The number of hydrogen-bond donors (Lipinski definition) is 2. The Morgan fingerprint density at radius 3 is 2.18 bits per heavy atom. The molecule has 0 saturated heterocycles. The van der Waals surface area contributed by atoms with Crippen molar-refractivity contribution < 1.29 is 22.7 Å². The molecule has 0 unspecified atom stereocenters. The Balaban J connectivity index is 1.27. The lowest BCUT2D eigenvalue weighted by Gasteiger charge is -2.09. The molecule has 3 N–H and O–H groups in total. The zero-order valence-corrected chi connectivity index (χ0v) is 19.8. The fourth-order valence-corrected chi connectivity index (χ4v) is 3.79. The molecule has 0 aliphatic carbocycles. The number of nitrogens with two attached hydrogens (primary N) is 1. The Morgan fingerprint density at radius 1 is 0.816 bits per heavy atom. The summed E-state index contributed by atoms with van der Waals surface area (Å²) in [6.07, 6.45) is -4.46. The van der Waals surface area contributed by atoms with Crippen molar-refractivity contribution in [3.05, 3.63) is 120 Å². The standard InChI is InChI=1S/C29H21F3N4O2/c30-29(31,32)21-6-4-5-20(17-21)26-18-27(33)36(35-26)23-13-9-19(10-14-23)28(37)34-22-11-15-25(16-12-22)38-24-7-2-1-3-8-24/h1-18H,33H2,(H,34,37). The SMILES string of the molecule is Nc1cc(-c2cccc(C(F)(F)F)c2)nn1-c1ccc(C(=O)Nc2ccc(Oc3ccccc3)cc2)cc1. The van der Waals surface area contributed by atoms with E-state index in [0.29, 0.717) is 39.7 Å². The number of ether oxygens (including phenoxy) is 1. The first-order valence-corrected chi connectivity index (χ1v) is 11.5. The summed E-state index contributed by atoms with van der Waals surface area (Å²) in [7, 11) is 0. The topological polar surface area (TPSA) is 82.2 Å². The summed E-state index contributed by atoms with van der Waals surface area (Å²) in [6, 6.07) is 29.3. The monoisotopic (exact) mass is 514 g/mol. The first kappa shape index (κ1) is 24.6. The molecule has 0 aliphatic heterocycles. The third kappa shape index (κ3) is 5.52. The number of nitrogens with zero attached hydrogens (tertiary/aromatic N) is 2. The molecule has 5 rings (SSSR count). The van der Waals surface area contributed by atoms with Crippen LogP contribution in [0.4, 0.5) is 24.7 Å². The minimum Gasteiger partial charge on any atom is -0.457 e. The van der Waals surface area contributed by atoms with Crippen LogP contribution >= 0.6 is 0 Å². The second-order valence-corrected chi connectivity index (χ2v) is 8.39. The molecule has 9 heteroatoms. The van der Waals surface area contributed by atoms with Crippen LogP contribution < -0.4 is 15.8 Å². The number of carbonyl (C=O) groups excluding carboxylic acids is 1. The van der Waals surface area contributed by atoms with Gasteiger partial charge in [-0.1, -0.05) is 30.3 Å². The van der Waals surface area contributed by atoms with Crippen molar-refractivity contribution in [1.29, 1.82) is 0 Å². The molecule has 6 nitrogen and oxygen atoms in total. The van der Waals surface area contributed by atoms with Crippen molar-refractivity contribution in [3.8, 4) is 28.4 Å². The molecule has 0 fully saturated rings. The van der Waals surface area contributed by atoms with Crippen molar-refractivity contribution in [3.63, 3.8) is 0 Å². The fraction of sp³-hybridized carbons (Fsp3) is 0.0345. The number of anilines is 2. The van der Waals surface area contributed by atoms with Gasteiger partial charge in [0.2, 0.25) is 0 Å². The van der Waals surface area contributed by atoms with Gasteiger partial charge in [0.05, 0.1) is 16.9 Å². The van der Waals surface area contributed by atoms with Crippen LogP contribution in [0.15, 0.2) is 109 Å².